The van der Waals surface area contributed by atoms with E-state index in [4.69, 9.17) is 31.5 Å². The Morgan fingerprint density at radius 3 is 2.87 bits per heavy atom. The van der Waals surface area contributed by atoms with Crippen molar-refractivity contribution in [1.29, 1.82) is 0 Å². The zero-order valence-electron chi connectivity index (χ0n) is 17.0. The van der Waals surface area contributed by atoms with Crippen LogP contribution in [-0.2, 0) is 22.7 Å². The molecule has 0 unspecified atom stereocenters. The first-order chi connectivity index (χ1) is 14.4. The Kier molecular flexibility index (Phi) is 7.55. The predicted octanol–water partition coefficient (Wildman–Crippen LogP) is 2.37. The van der Waals surface area contributed by atoms with Gasteiger partial charge in [0.25, 0.3) is 0 Å². The molecule has 0 aliphatic carbocycles. The maximum Gasteiger partial charge on any atom is 0.220 e. The summed E-state index contributed by atoms with van der Waals surface area (Å²) in [4.78, 5) is 14.0. The van der Waals surface area contributed by atoms with Crippen molar-refractivity contribution in [3.8, 4) is 11.5 Å². The third-order valence-electron chi connectivity index (χ3n) is 5.04. The number of aliphatic hydroxyl groups excluding tert-OH is 1. The molecule has 162 valence electrons. The lowest BCUT2D eigenvalue weighted by Gasteiger charge is -2.42. The van der Waals surface area contributed by atoms with Crippen molar-refractivity contribution >= 4 is 17.5 Å². The first-order valence-electron chi connectivity index (χ1n) is 9.73. The van der Waals surface area contributed by atoms with Crippen LogP contribution in [0.15, 0.2) is 42.5 Å². The smallest absolute Gasteiger partial charge is 0.220 e. The number of benzene rings is 2. The fourth-order valence-corrected chi connectivity index (χ4v) is 3.89. The second-order valence-electron chi connectivity index (χ2n) is 7.44. The molecule has 1 amide bonds. The number of amides is 1. The number of primary amides is 1. The molecule has 3 rings (SSSR count). The van der Waals surface area contributed by atoms with Crippen LogP contribution in [0, 0.1) is 0 Å². The molecule has 30 heavy (non-hydrogen) atoms. The number of rotatable bonds is 9. The molecule has 0 radical (unpaired) electrons. The van der Waals surface area contributed by atoms with Gasteiger partial charge in [-0.3, -0.25) is 9.69 Å². The Bertz CT molecular complexity index is 878. The van der Waals surface area contributed by atoms with E-state index < -0.39 is 11.5 Å². The third kappa shape index (κ3) is 5.86. The monoisotopic (exact) mass is 434 g/mol. The maximum absolute atomic E-state index is 11.8. The molecule has 7 nitrogen and oxygen atoms in total. The molecular formula is C22H27ClN2O5. The summed E-state index contributed by atoms with van der Waals surface area (Å²) in [5, 5.41) is 10.1. The van der Waals surface area contributed by atoms with Gasteiger partial charge in [0.1, 0.15) is 23.7 Å². The van der Waals surface area contributed by atoms with Crippen LogP contribution in [0.1, 0.15) is 17.5 Å². The van der Waals surface area contributed by atoms with Crippen LogP contribution in [0.2, 0.25) is 5.02 Å². The van der Waals surface area contributed by atoms with Gasteiger partial charge < -0.3 is 25.1 Å². The van der Waals surface area contributed by atoms with Gasteiger partial charge in [0.05, 0.1) is 26.7 Å². The maximum atomic E-state index is 11.8. The molecular weight excluding hydrogens is 408 g/mol. The van der Waals surface area contributed by atoms with Crippen LogP contribution in [0.25, 0.3) is 0 Å². The van der Waals surface area contributed by atoms with Gasteiger partial charge >= 0.3 is 0 Å². The van der Waals surface area contributed by atoms with E-state index in [2.05, 4.69) is 4.90 Å². The Labute approximate surface area is 181 Å². The lowest BCUT2D eigenvalue weighted by molar-refractivity contribution is -0.148. The predicted molar refractivity (Wildman–Crippen MR) is 114 cm³/mol. The van der Waals surface area contributed by atoms with Crippen molar-refractivity contribution in [2.75, 3.05) is 33.4 Å². The van der Waals surface area contributed by atoms with Crippen LogP contribution >= 0.6 is 11.6 Å². The molecule has 1 saturated heterocycles. The van der Waals surface area contributed by atoms with Crippen molar-refractivity contribution in [3.63, 3.8) is 0 Å². The number of morpholine rings is 1. The second kappa shape index (κ2) is 10.1. The minimum atomic E-state index is -0.849. The van der Waals surface area contributed by atoms with Crippen molar-refractivity contribution in [3.05, 3.63) is 58.6 Å². The van der Waals surface area contributed by atoms with E-state index in [9.17, 15) is 9.90 Å². The van der Waals surface area contributed by atoms with Crippen LogP contribution in [0.5, 0.6) is 11.5 Å². The molecule has 8 heteroatoms. The molecule has 0 spiro atoms. The molecule has 0 bridgehead atoms. The molecule has 0 aromatic heterocycles. The molecule has 1 aliphatic heterocycles. The fourth-order valence-electron chi connectivity index (χ4n) is 3.70. The number of aliphatic hydroxyl groups is 1. The van der Waals surface area contributed by atoms with Gasteiger partial charge in [0.15, 0.2) is 0 Å². The quantitative estimate of drug-likeness (QED) is 0.629. The number of carbonyl (C=O) groups is 1. The van der Waals surface area contributed by atoms with Gasteiger partial charge in [-0.15, -0.1) is 0 Å². The standard InChI is InChI=1S/C22H27ClN2O5/c1-28-20-6-5-16(9-17(20)13-26)12-25-7-8-30-22(14-25,11-21(24)27)15-29-19-4-2-3-18(23)10-19/h2-6,9-10,26H,7-8,11-15H2,1H3,(H2,24,27)/t22-/m1/s1. The summed E-state index contributed by atoms with van der Waals surface area (Å²) in [5.74, 6) is 0.814. The summed E-state index contributed by atoms with van der Waals surface area (Å²) in [7, 11) is 1.58. The number of nitrogens with zero attached hydrogens (tertiary/aromatic N) is 1. The summed E-state index contributed by atoms with van der Waals surface area (Å²) in [6.45, 7) is 2.36. The molecule has 1 aliphatic rings. The summed E-state index contributed by atoms with van der Waals surface area (Å²) in [6.07, 6.45) is 0.0502. The van der Waals surface area contributed by atoms with Gasteiger partial charge in [-0.2, -0.15) is 0 Å². The number of nitrogens with two attached hydrogens (primary N) is 1. The Morgan fingerprint density at radius 2 is 2.17 bits per heavy atom. The summed E-state index contributed by atoms with van der Waals surface area (Å²) >= 11 is 6.02. The number of hydrogen-bond donors (Lipinski definition) is 2. The largest absolute Gasteiger partial charge is 0.496 e. The fraction of sp³-hybridized carbons (Fsp3) is 0.409. The minimum absolute atomic E-state index is 0.0502. The number of methoxy groups -OCH3 is 1. The molecule has 1 atom stereocenters. The highest BCUT2D eigenvalue weighted by atomic mass is 35.5. The average Bonchev–Trinajstić information content (AvgIpc) is 2.72. The number of carbonyl (C=O) groups excluding carboxylic acids is 1. The molecule has 2 aromatic rings. The number of hydrogen-bond acceptors (Lipinski definition) is 6. The van der Waals surface area contributed by atoms with Crippen LogP contribution < -0.4 is 15.2 Å². The first-order valence-corrected chi connectivity index (χ1v) is 10.1. The Hall–Kier alpha value is -2.32. The van der Waals surface area contributed by atoms with Gasteiger partial charge in [-0.1, -0.05) is 23.7 Å². The van der Waals surface area contributed by atoms with Crippen LogP contribution in [-0.4, -0.2) is 54.9 Å². The first kappa shape index (κ1) is 22.4. The van der Waals surface area contributed by atoms with E-state index in [-0.39, 0.29) is 19.6 Å². The number of halogens is 1. The normalized spacial score (nSPS) is 19.4. The van der Waals surface area contributed by atoms with E-state index in [0.717, 1.165) is 11.1 Å². The van der Waals surface area contributed by atoms with E-state index in [1.165, 1.54) is 0 Å². The van der Waals surface area contributed by atoms with Gasteiger partial charge in [-0.05, 0) is 35.9 Å². The van der Waals surface area contributed by atoms with Gasteiger partial charge in [-0.25, -0.2) is 0 Å². The van der Waals surface area contributed by atoms with Gasteiger partial charge in [0.2, 0.25) is 5.91 Å². The lowest BCUT2D eigenvalue weighted by atomic mass is 9.97. The molecule has 2 aromatic carbocycles. The van der Waals surface area contributed by atoms with Gasteiger partial charge in [0, 0.05) is 30.2 Å². The summed E-state index contributed by atoms with van der Waals surface area (Å²) < 4.78 is 17.2. The zero-order valence-corrected chi connectivity index (χ0v) is 17.7. The van der Waals surface area contributed by atoms with E-state index >= 15 is 0 Å². The van der Waals surface area contributed by atoms with Crippen molar-refractivity contribution in [2.45, 2.75) is 25.2 Å². The topological polar surface area (TPSA) is 94.3 Å². The molecule has 3 N–H and O–H groups in total. The van der Waals surface area contributed by atoms with Crippen molar-refractivity contribution in [2.24, 2.45) is 5.73 Å². The van der Waals surface area contributed by atoms with Crippen molar-refractivity contribution < 1.29 is 24.1 Å². The molecule has 1 fully saturated rings. The molecule has 0 saturated carbocycles. The Morgan fingerprint density at radius 1 is 1.33 bits per heavy atom. The highest BCUT2D eigenvalue weighted by Gasteiger charge is 2.39. The van der Waals surface area contributed by atoms with E-state index in [1.807, 2.05) is 18.2 Å². The summed E-state index contributed by atoms with van der Waals surface area (Å²) in [5.41, 5.74) is 6.43. The summed E-state index contributed by atoms with van der Waals surface area (Å²) in [6, 6.07) is 12.8. The average molecular weight is 435 g/mol. The third-order valence-corrected chi connectivity index (χ3v) is 5.28. The van der Waals surface area contributed by atoms with Crippen LogP contribution in [0.3, 0.4) is 0 Å². The van der Waals surface area contributed by atoms with E-state index in [0.29, 0.717) is 42.8 Å². The van der Waals surface area contributed by atoms with E-state index in [1.54, 1.807) is 31.4 Å². The SMILES string of the molecule is COc1ccc(CN2CCO[C@](COc3cccc(Cl)c3)(CC(N)=O)C2)cc1CO. The van der Waals surface area contributed by atoms with Crippen molar-refractivity contribution in [1.82, 2.24) is 4.90 Å². The highest BCUT2D eigenvalue weighted by Crippen LogP contribution is 2.27. The lowest BCUT2D eigenvalue weighted by Crippen LogP contribution is -2.56. The minimum Gasteiger partial charge on any atom is -0.496 e. The highest BCUT2D eigenvalue weighted by molar-refractivity contribution is 6.30. The number of ether oxygens (including phenoxy) is 3. The zero-order chi connectivity index (χ0) is 21.6. The molecule has 1 heterocycles. The second-order valence-corrected chi connectivity index (χ2v) is 7.87. The van der Waals surface area contributed by atoms with Crippen LogP contribution in [0.4, 0.5) is 0 Å². The Balaban J connectivity index is 1.72.